The third kappa shape index (κ3) is 4.31. The number of ether oxygens (including phenoxy) is 1. The molecule has 2 aromatic heterocycles. The number of aromatic nitrogens is 4. The minimum atomic E-state index is -0.0600. The Hall–Kier alpha value is -1.97. The van der Waals surface area contributed by atoms with Crippen molar-refractivity contribution >= 4 is 34.5 Å². The van der Waals surface area contributed by atoms with Gasteiger partial charge in [-0.05, 0) is 24.4 Å². The Morgan fingerprint density at radius 2 is 2.19 bits per heavy atom. The minimum Gasteiger partial charge on any atom is -0.379 e. The molecule has 27 heavy (non-hydrogen) atoms. The number of aromatic amines is 1. The number of amides is 1. The largest absolute Gasteiger partial charge is 0.379 e. The number of fused-ring (bicyclic) bond motifs is 1. The van der Waals surface area contributed by atoms with Crippen molar-refractivity contribution in [1.29, 1.82) is 0 Å². The van der Waals surface area contributed by atoms with Gasteiger partial charge in [-0.25, -0.2) is 4.98 Å². The summed E-state index contributed by atoms with van der Waals surface area (Å²) in [5.74, 6) is 0.762. The average Bonchev–Trinajstić information content (AvgIpc) is 3.16. The third-order valence-electron chi connectivity index (χ3n) is 5.16. The first-order valence-electron chi connectivity index (χ1n) is 9.40. The molecule has 10 heteroatoms. The highest BCUT2D eigenvalue weighted by Crippen LogP contribution is 2.27. The highest BCUT2D eigenvalue weighted by Gasteiger charge is 2.28. The van der Waals surface area contributed by atoms with Crippen LogP contribution in [0.5, 0.6) is 0 Å². The molecule has 4 heterocycles. The maximum Gasteiger partial charge on any atom is 0.226 e. The topological polar surface area (TPSA) is 99.3 Å². The fraction of sp³-hybridized carbons (Fsp3) is 0.647. The van der Waals surface area contributed by atoms with Crippen molar-refractivity contribution in [2.75, 3.05) is 57.4 Å². The zero-order chi connectivity index (χ0) is 18.6. The van der Waals surface area contributed by atoms with Crippen molar-refractivity contribution in [1.82, 2.24) is 30.2 Å². The van der Waals surface area contributed by atoms with Gasteiger partial charge in [0.2, 0.25) is 11.2 Å². The van der Waals surface area contributed by atoms with Crippen LogP contribution in [0.15, 0.2) is 6.33 Å². The summed E-state index contributed by atoms with van der Waals surface area (Å²) in [4.78, 5) is 32.8. The second kappa shape index (κ2) is 8.37. The molecule has 1 amide bonds. The summed E-state index contributed by atoms with van der Waals surface area (Å²) in [7, 11) is 0. The molecule has 2 aromatic rings. The van der Waals surface area contributed by atoms with Crippen molar-refractivity contribution in [2.45, 2.75) is 12.8 Å². The summed E-state index contributed by atoms with van der Waals surface area (Å²) < 4.78 is 5.35. The van der Waals surface area contributed by atoms with Crippen LogP contribution in [0.25, 0.3) is 11.2 Å². The Kier molecular flexibility index (Phi) is 5.70. The van der Waals surface area contributed by atoms with E-state index in [1.807, 2.05) is 0 Å². The Balaban J connectivity index is 1.36. The second-order valence-electron chi connectivity index (χ2n) is 6.95. The highest BCUT2D eigenvalue weighted by molar-refractivity contribution is 6.28. The molecule has 0 aromatic carbocycles. The molecular formula is C17H24ClN7O2. The monoisotopic (exact) mass is 393 g/mol. The summed E-state index contributed by atoms with van der Waals surface area (Å²) in [6.45, 7) is 6.39. The van der Waals surface area contributed by atoms with Crippen LogP contribution in [-0.4, -0.2) is 83.2 Å². The van der Waals surface area contributed by atoms with E-state index in [2.05, 4.69) is 35.1 Å². The number of H-pyrrole nitrogens is 1. The number of carbonyl (C=O) groups is 1. The van der Waals surface area contributed by atoms with E-state index >= 15 is 0 Å². The number of nitrogens with one attached hydrogen (secondary N) is 2. The number of halogens is 1. The molecule has 0 spiro atoms. The van der Waals surface area contributed by atoms with Crippen molar-refractivity contribution < 1.29 is 9.53 Å². The lowest BCUT2D eigenvalue weighted by molar-refractivity contribution is -0.125. The van der Waals surface area contributed by atoms with Gasteiger partial charge >= 0.3 is 0 Å². The SMILES string of the molecule is O=C(NCCN1CCOCC1)[C@@H]1CCCN(c2nc(Cl)nc3nc[nH]c23)C1. The van der Waals surface area contributed by atoms with Crippen LogP contribution in [0.2, 0.25) is 5.28 Å². The number of rotatable bonds is 5. The van der Waals surface area contributed by atoms with Crippen molar-refractivity contribution in [3.05, 3.63) is 11.6 Å². The van der Waals surface area contributed by atoms with Gasteiger partial charge in [-0.1, -0.05) is 0 Å². The Morgan fingerprint density at radius 3 is 3.04 bits per heavy atom. The Bertz CT molecular complexity index is 793. The van der Waals surface area contributed by atoms with Gasteiger partial charge in [0.1, 0.15) is 5.52 Å². The smallest absolute Gasteiger partial charge is 0.226 e. The van der Waals surface area contributed by atoms with E-state index in [1.54, 1.807) is 6.33 Å². The third-order valence-corrected chi connectivity index (χ3v) is 5.33. The Labute approximate surface area is 162 Å². The number of hydrogen-bond acceptors (Lipinski definition) is 7. The summed E-state index contributed by atoms with van der Waals surface area (Å²) >= 11 is 6.05. The van der Waals surface area contributed by atoms with Gasteiger partial charge in [0.05, 0.1) is 25.5 Å². The lowest BCUT2D eigenvalue weighted by Crippen LogP contribution is -2.46. The number of anilines is 1. The predicted molar refractivity (Wildman–Crippen MR) is 102 cm³/mol. The molecule has 2 saturated heterocycles. The fourth-order valence-corrected chi connectivity index (χ4v) is 3.87. The molecule has 2 aliphatic heterocycles. The van der Waals surface area contributed by atoms with Gasteiger partial charge in [0.15, 0.2) is 11.5 Å². The molecule has 4 rings (SSSR count). The van der Waals surface area contributed by atoms with Crippen LogP contribution < -0.4 is 10.2 Å². The van der Waals surface area contributed by atoms with Crippen LogP contribution in [0.3, 0.4) is 0 Å². The predicted octanol–water partition coefficient (Wildman–Crippen LogP) is 0.671. The van der Waals surface area contributed by atoms with E-state index in [0.717, 1.165) is 57.8 Å². The number of piperidine rings is 1. The van der Waals surface area contributed by atoms with Gasteiger partial charge in [0, 0.05) is 39.3 Å². The molecule has 9 nitrogen and oxygen atoms in total. The molecule has 0 bridgehead atoms. The average molecular weight is 394 g/mol. The number of imidazole rings is 1. The van der Waals surface area contributed by atoms with E-state index in [1.165, 1.54) is 0 Å². The van der Waals surface area contributed by atoms with Gasteiger partial charge < -0.3 is 19.9 Å². The van der Waals surface area contributed by atoms with Crippen molar-refractivity contribution in [2.24, 2.45) is 5.92 Å². The maximum atomic E-state index is 12.6. The molecule has 2 fully saturated rings. The summed E-state index contributed by atoms with van der Waals surface area (Å²) in [5, 5.41) is 3.26. The zero-order valence-corrected chi connectivity index (χ0v) is 15.9. The van der Waals surface area contributed by atoms with Crippen molar-refractivity contribution in [3.63, 3.8) is 0 Å². The van der Waals surface area contributed by atoms with E-state index in [4.69, 9.17) is 16.3 Å². The van der Waals surface area contributed by atoms with Crippen molar-refractivity contribution in [3.8, 4) is 0 Å². The van der Waals surface area contributed by atoms with E-state index in [-0.39, 0.29) is 17.1 Å². The zero-order valence-electron chi connectivity index (χ0n) is 15.2. The van der Waals surface area contributed by atoms with Crippen LogP contribution in [0.1, 0.15) is 12.8 Å². The quantitative estimate of drug-likeness (QED) is 0.720. The minimum absolute atomic E-state index is 0.0600. The lowest BCUT2D eigenvalue weighted by atomic mass is 9.97. The van der Waals surface area contributed by atoms with E-state index in [9.17, 15) is 4.79 Å². The van der Waals surface area contributed by atoms with E-state index in [0.29, 0.717) is 24.6 Å². The molecule has 0 unspecified atom stereocenters. The Morgan fingerprint density at radius 1 is 1.33 bits per heavy atom. The summed E-state index contributed by atoms with van der Waals surface area (Å²) in [5.41, 5.74) is 1.30. The van der Waals surface area contributed by atoms with Gasteiger partial charge in [-0.3, -0.25) is 9.69 Å². The molecule has 146 valence electrons. The molecule has 0 aliphatic carbocycles. The number of nitrogens with zero attached hydrogens (tertiary/aromatic N) is 5. The molecule has 1 atom stereocenters. The normalized spacial score (nSPS) is 21.5. The molecule has 2 aliphatic rings. The highest BCUT2D eigenvalue weighted by atomic mass is 35.5. The van der Waals surface area contributed by atoms with Crippen LogP contribution in [0.4, 0.5) is 5.82 Å². The van der Waals surface area contributed by atoms with Crippen LogP contribution in [0, 0.1) is 5.92 Å². The molecular weight excluding hydrogens is 370 g/mol. The standard InChI is InChI=1S/C17H24ClN7O2/c18-17-22-14-13(20-11-21-14)15(23-17)25-4-1-2-12(10-25)16(26)19-3-5-24-6-8-27-9-7-24/h11-12H,1-10H2,(H,19,26)(H,20,21,22,23)/t12-/m1/s1. The summed E-state index contributed by atoms with van der Waals surface area (Å²) in [6, 6.07) is 0. The molecule has 0 radical (unpaired) electrons. The second-order valence-corrected chi connectivity index (χ2v) is 7.29. The number of morpholine rings is 1. The first-order chi connectivity index (χ1) is 13.2. The number of hydrogen-bond donors (Lipinski definition) is 2. The van der Waals surface area contributed by atoms with Gasteiger partial charge in [-0.15, -0.1) is 0 Å². The molecule has 0 saturated carbocycles. The first-order valence-corrected chi connectivity index (χ1v) is 9.78. The first kappa shape index (κ1) is 18.4. The fourth-order valence-electron chi connectivity index (χ4n) is 3.71. The maximum absolute atomic E-state index is 12.6. The summed E-state index contributed by atoms with van der Waals surface area (Å²) in [6.07, 6.45) is 3.39. The van der Waals surface area contributed by atoms with Gasteiger partial charge in [0.25, 0.3) is 0 Å². The lowest BCUT2D eigenvalue weighted by Gasteiger charge is -2.33. The molecule has 2 N–H and O–H groups in total. The van der Waals surface area contributed by atoms with Crippen LogP contribution >= 0.6 is 11.6 Å². The van der Waals surface area contributed by atoms with Gasteiger partial charge in [-0.2, -0.15) is 9.97 Å². The number of carbonyl (C=O) groups excluding carboxylic acids is 1. The van der Waals surface area contributed by atoms with Crippen LogP contribution in [-0.2, 0) is 9.53 Å². The van der Waals surface area contributed by atoms with E-state index < -0.39 is 0 Å².